The van der Waals surface area contributed by atoms with Crippen LogP contribution in [0.5, 0.6) is 0 Å². The fourth-order valence-corrected chi connectivity index (χ4v) is 3.33. The molecule has 0 aromatic rings. The molecule has 0 aromatic carbocycles. The molecule has 0 unspecified atom stereocenters. The van der Waals surface area contributed by atoms with E-state index in [1.54, 1.807) is 0 Å². The lowest BCUT2D eigenvalue weighted by atomic mass is 9.43. The molecule has 1 heteroatoms. The molecule has 0 atom stereocenters. The first-order valence-electron chi connectivity index (χ1n) is 5.46. The molecule has 2 N–H and O–H groups in total. The van der Waals surface area contributed by atoms with Crippen molar-refractivity contribution in [2.75, 3.05) is 0 Å². The fourth-order valence-electron chi connectivity index (χ4n) is 3.33. The Morgan fingerprint density at radius 1 is 1.08 bits per heavy atom. The standard InChI is InChI=1S/C12H25N/c1-8(2)7-9-11(3,4)10(13)12(9,5)6/h8-10H,7,13H2,1-6H3. The molecule has 13 heavy (non-hydrogen) atoms. The molecular formula is C12H25N. The maximum Gasteiger partial charge on any atom is 0.0148 e. The first kappa shape index (κ1) is 11.0. The van der Waals surface area contributed by atoms with Crippen molar-refractivity contribution in [2.45, 2.75) is 54.0 Å². The van der Waals surface area contributed by atoms with Crippen LogP contribution in [0.25, 0.3) is 0 Å². The second-order valence-corrected chi connectivity index (χ2v) is 6.30. The minimum absolute atomic E-state index is 0.341. The number of nitrogens with two attached hydrogens (primary N) is 1. The quantitative estimate of drug-likeness (QED) is 0.699. The predicted molar refractivity (Wildman–Crippen MR) is 58.5 cm³/mol. The van der Waals surface area contributed by atoms with E-state index < -0.39 is 0 Å². The Balaban J connectivity index is 2.73. The molecule has 1 fully saturated rings. The van der Waals surface area contributed by atoms with Gasteiger partial charge in [0.1, 0.15) is 0 Å². The van der Waals surface area contributed by atoms with Crippen molar-refractivity contribution in [3.8, 4) is 0 Å². The third-order valence-electron chi connectivity index (χ3n) is 4.11. The Bertz CT molecular complexity index is 175. The van der Waals surface area contributed by atoms with Crippen molar-refractivity contribution >= 4 is 0 Å². The number of hydrogen-bond donors (Lipinski definition) is 1. The van der Waals surface area contributed by atoms with Gasteiger partial charge in [0.15, 0.2) is 0 Å². The fraction of sp³-hybridized carbons (Fsp3) is 1.00. The van der Waals surface area contributed by atoms with Crippen molar-refractivity contribution in [3.63, 3.8) is 0 Å². The Hall–Kier alpha value is -0.0400. The van der Waals surface area contributed by atoms with Crippen LogP contribution in [0.15, 0.2) is 0 Å². The highest BCUT2D eigenvalue weighted by Crippen LogP contribution is 2.59. The predicted octanol–water partition coefficient (Wildman–Crippen LogP) is 3.04. The molecule has 1 rings (SSSR count). The minimum atomic E-state index is 0.341. The Kier molecular flexibility index (Phi) is 2.53. The Labute approximate surface area is 83.1 Å². The lowest BCUT2D eigenvalue weighted by molar-refractivity contribution is -0.118. The normalized spacial score (nSPS) is 36.0. The first-order valence-corrected chi connectivity index (χ1v) is 5.46. The van der Waals surface area contributed by atoms with Crippen molar-refractivity contribution < 1.29 is 0 Å². The SMILES string of the molecule is CC(C)CC1C(C)(C)C(N)C1(C)C. The van der Waals surface area contributed by atoms with Gasteiger partial charge in [0.2, 0.25) is 0 Å². The van der Waals surface area contributed by atoms with Crippen LogP contribution >= 0.6 is 0 Å². The molecular weight excluding hydrogens is 158 g/mol. The summed E-state index contributed by atoms with van der Waals surface area (Å²) in [6, 6.07) is 0.365. The van der Waals surface area contributed by atoms with Crippen LogP contribution in [-0.2, 0) is 0 Å². The second kappa shape index (κ2) is 2.98. The zero-order valence-corrected chi connectivity index (χ0v) is 10.0. The third kappa shape index (κ3) is 1.52. The topological polar surface area (TPSA) is 26.0 Å². The highest BCUT2D eigenvalue weighted by Gasteiger charge is 2.59. The molecule has 1 aliphatic rings. The van der Waals surface area contributed by atoms with Crippen LogP contribution in [0.4, 0.5) is 0 Å². The first-order chi connectivity index (χ1) is 5.70. The van der Waals surface area contributed by atoms with Gasteiger partial charge in [0.05, 0.1) is 0 Å². The summed E-state index contributed by atoms with van der Waals surface area (Å²) in [5.74, 6) is 1.58. The highest BCUT2D eigenvalue weighted by molar-refractivity contribution is 5.11. The van der Waals surface area contributed by atoms with E-state index in [2.05, 4.69) is 41.5 Å². The van der Waals surface area contributed by atoms with Crippen LogP contribution in [0.2, 0.25) is 0 Å². The van der Waals surface area contributed by atoms with Gasteiger partial charge >= 0.3 is 0 Å². The molecule has 0 bridgehead atoms. The summed E-state index contributed by atoms with van der Waals surface area (Å²) >= 11 is 0. The average Bonchev–Trinajstić information content (AvgIpc) is 1.98. The van der Waals surface area contributed by atoms with E-state index in [-0.39, 0.29) is 0 Å². The van der Waals surface area contributed by atoms with Crippen molar-refractivity contribution in [3.05, 3.63) is 0 Å². The lowest BCUT2D eigenvalue weighted by Gasteiger charge is -2.64. The molecule has 1 aliphatic carbocycles. The van der Waals surface area contributed by atoms with E-state index >= 15 is 0 Å². The van der Waals surface area contributed by atoms with Gasteiger partial charge in [0.25, 0.3) is 0 Å². The molecule has 0 radical (unpaired) electrons. The minimum Gasteiger partial charge on any atom is -0.327 e. The largest absolute Gasteiger partial charge is 0.327 e. The van der Waals surface area contributed by atoms with Crippen LogP contribution in [0.1, 0.15) is 48.0 Å². The monoisotopic (exact) mass is 183 g/mol. The van der Waals surface area contributed by atoms with Crippen LogP contribution in [-0.4, -0.2) is 6.04 Å². The summed E-state index contributed by atoms with van der Waals surface area (Å²) in [6.45, 7) is 13.9. The van der Waals surface area contributed by atoms with E-state index in [0.717, 1.165) is 11.8 Å². The molecule has 1 saturated carbocycles. The van der Waals surface area contributed by atoms with Gasteiger partial charge in [-0.25, -0.2) is 0 Å². The summed E-state index contributed by atoms with van der Waals surface area (Å²) in [5, 5.41) is 0. The zero-order valence-electron chi connectivity index (χ0n) is 10.0. The number of hydrogen-bond acceptors (Lipinski definition) is 1. The summed E-state index contributed by atoms with van der Waals surface area (Å²) < 4.78 is 0. The van der Waals surface area contributed by atoms with E-state index in [0.29, 0.717) is 16.9 Å². The van der Waals surface area contributed by atoms with E-state index in [9.17, 15) is 0 Å². The molecule has 0 amide bonds. The molecule has 1 nitrogen and oxygen atoms in total. The highest BCUT2D eigenvalue weighted by atomic mass is 14.8. The van der Waals surface area contributed by atoms with Gasteiger partial charge < -0.3 is 5.73 Å². The van der Waals surface area contributed by atoms with Crippen LogP contribution in [0.3, 0.4) is 0 Å². The van der Waals surface area contributed by atoms with E-state index in [4.69, 9.17) is 5.73 Å². The maximum atomic E-state index is 6.20. The van der Waals surface area contributed by atoms with Crippen molar-refractivity contribution in [2.24, 2.45) is 28.4 Å². The summed E-state index contributed by atoms with van der Waals surface area (Å²) in [7, 11) is 0. The smallest absolute Gasteiger partial charge is 0.0148 e. The van der Waals surface area contributed by atoms with Crippen LogP contribution in [0, 0.1) is 22.7 Å². The molecule has 0 aromatic heterocycles. The van der Waals surface area contributed by atoms with Gasteiger partial charge in [-0.15, -0.1) is 0 Å². The Morgan fingerprint density at radius 2 is 1.46 bits per heavy atom. The van der Waals surface area contributed by atoms with Gasteiger partial charge in [-0.05, 0) is 29.1 Å². The summed E-state index contributed by atoms with van der Waals surface area (Å²) in [4.78, 5) is 0. The Morgan fingerprint density at radius 3 is 1.77 bits per heavy atom. The zero-order chi connectivity index (χ0) is 10.4. The van der Waals surface area contributed by atoms with Gasteiger partial charge in [-0.2, -0.15) is 0 Å². The van der Waals surface area contributed by atoms with Crippen molar-refractivity contribution in [1.29, 1.82) is 0 Å². The number of rotatable bonds is 2. The molecule has 0 aliphatic heterocycles. The van der Waals surface area contributed by atoms with Gasteiger partial charge in [-0.3, -0.25) is 0 Å². The van der Waals surface area contributed by atoms with E-state index in [1.807, 2.05) is 0 Å². The van der Waals surface area contributed by atoms with Gasteiger partial charge in [-0.1, -0.05) is 41.5 Å². The third-order valence-corrected chi connectivity index (χ3v) is 4.11. The van der Waals surface area contributed by atoms with Crippen LogP contribution < -0.4 is 5.73 Å². The molecule has 0 heterocycles. The van der Waals surface area contributed by atoms with Crippen molar-refractivity contribution in [1.82, 2.24) is 0 Å². The average molecular weight is 183 g/mol. The summed E-state index contributed by atoms with van der Waals surface area (Å²) in [6.07, 6.45) is 1.31. The van der Waals surface area contributed by atoms with Gasteiger partial charge in [0, 0.05) is 6.04 Å². The molecule has 0 spiro atoms. The molecule has 0 saturated heterocycles. The second-order valence-electron chi connectivity index (χ2n) is 6.30. The lowest BCUT2D eigenvalue weighted by Crippen LogP contribution is -2.67. The molecule has 78 valence electrons. The van der Waals surface area contributed by atoms with E-state index in [1.165, 1.54) is 6.42 Å². The maximum absolute atomic E-state index is 6.20. The summed E-state index contributed by atoms with van der Waals surface area (Å²) in [5.41, 5.74) is 6.88.